The molecule has 3 atom stereocenters. The van der Waals surface area contributed by atoms with Crippen LogP contribution in [0.5, 0.6) is 0 Å². The van der Waals surface area contributed by atoms with E-state index in [0.717, 1.165) is 29.2 Å². The average molecular weight is 407 g/mol. The van der Waals surface area contributed by atoms with Crippen molar-refractivity contribution in [3.8, 4) is 0 Å². The van der Waals surface area contributed by atoms with Gasteiger partial charge in [-0.25, -0.2) is 4.21 Å². The van der Waals surface area contributed by atoms with Gasteiger partial charge in [0.1, 0.15) is 11.0 Å². The molecule has 1 saturated carbocycles. The number of carbonyl (C=O) groups excluding carboxylic acids is 2. The van der Waals surface area contributed by atoms with Gasteiger partial charge in [-0.1, -0.05) is 19.1 Å². The van der Waals surface area contributed by atoms with Crippen molar-refractivity contribution in [2.24, 2.45) is 16.2 Å². The Kier molecular flexibility index (Phi) is 4.98. The van der Waals surface area contributed by atoms with Crippen LogP contribution in [0.3, 0.4) is 0 Å². The van der Waals surface area contributed by atoms with Crippen LogP contribution >= 0.6 is 11.7 Å². The Balaban J connectivity index is 1.46. The summed E-state index contributed by atoms with van der Waals surface area (Å²) in [5, 5.41) is 0. The maximum absolute atomic E-state index is 13.1. The maximum Gasteiger partial charge on any atom is 0.258 e. The molecule has 27 heavy (non-hydrogen) atoms. The molecule has 1 aliphatic heterocycles. The first kappa shape index (κ1) is 18.5. The van der Waals surface area contributed by atoms with Gasteiger partial charge in [0.15, 0.2) is 0 Å². The van der Waals surface area contributed by atoms with Crippen molar-refractivity contribution < 1.29 is 13.8 Å². The van der Waals surface area contributed by atoms with Gasteiger partial charge in [-0.3, -0.25) is 9.59 Å². The van der Waals surface area contributed by atoms with Gasteiger partial charge in [0.25, 0.3) is 5.91 Å². The molecule has 2 fully saturated rings. The summed E-state index contributed by atoms with van der Waals surface area (Å²) in [6.07, 6.45) is 1.64. The van der Waals surface area contributed by atoms with Gasteiger partial charge in [0.2, 0.25) is 5.91 Å². The van der Waals surface area contributed by atoms with E-state index in [-0.39, 0.29) is 24.0 Å². The van der Waals surface area contributed by atoms with Crippen molar-refractivity contribution in [3.63, 3.8) is 0 Å². The number of hydrogen-bond acceptors (Lipinski definition) is 6. The Morgan fingerprint density at radius 2 is 2.11 bits per heavy atom. The fourth-order valence-electron chi connectivity index (χ4n) is 3.55. The second-order valence-electron chi connectivity index (χ2n) is 7.39. The first-order valence-corrected chi connectivity index (χ1v) is 11.8. The summed E-state index contributed by atoms with van der Waals surface area (Å²) in [6.45, 7) is 3.10. The number of nitrogens with zero attached hydrogens (tertiary/aromatic N) is 4. The number of rotatable bonds is 3. The third-order valence-electron chi connectivity index (χ3n) is 5.29. The molecule has 1 aromatic heterocycles. The van der Waals surface area contributed by atoms with Crippen LogP contribution in [0.1, 0.15) is 25.3 Å². The summed E-state index contributed by atoms with van der Waals surface area (Å²) in [4.78, 5) is 26.7. The first-order chi connectivity index (χ1) is 13.0. The van der Waals surface area contributed by atoms with Gasteiger partial charge >= 0.3 is 0 Å². The molecule has 4 rings (SSSR count). The van der Waals surface area contributed by atoms with Crippen LogP contribution in [-0.4, -0.2) is 54.3 Å². The molecule has 0 bridgehead atoms. The lowest BCUT2D eigenvalue weighted by molar-refractivity contribution is -0.132. The molecule has 0 radical (unpaired) electrons. The topological polar surface area (TPSA) is 92.6 Å². The minimum atomic E-state index is -2.62. The molecule has 0 spiro atoms. The highest BCUT2D eigenvalue weighted by atomic mass is 32.2. The molecular formula is C18H22N4O3S2. The molecule has 1 unspecified atom stereocenters. The van der Waals surface area contributed by atoms with Crippen molar-refractivity contribution in [2.75, 3.05) is 24.6 Å². The summed E-state index contributed by atoms with van der Waals surface area (Å²) in [6, 6.07) is 5.51. The lowest BCUT2D eigenvalue weighted by Gasteiger charge is -2.19. The molecule has 1 aliphatic carbocycles. The Bertz CT molecular complexity index is 1010. The fraction of sp³-hybridized carbons (Fsp3) is 0.556. The summed E-state index contributed by atoms with van der Waals surface area (Å²) >= 11 is 1.11. The highest BCUT2D eigenvalue weighted by Gasteiger charge is 2.41. The molecule has 7 nitrogen and oxygen atoms in total. The molecule has 1 aromatic carbocycles. The van der Waals surface area contributed by atoms with Gasteiger partial charge in [0.05, 0.1) is 27.9 Å². The van der Waals surface area contributed by atoms with Crippen LogP contribution in [-0.2, 0) is 25.7 Å². The highest BCUT2D eigenvalue weighted by Crippen LogP contribution is 2.39. The molecule has 0 N–H and O–H groups in total. The van der Waals surface area contributed by atoms with Gasteiger partial charge in [-0.15, -0.1) is 0 Å². The second-order valence-corrected chi connectivity index (χ2v) is 10.5. The predicted molar refractivity (Wildman–Crippen MR) is 105 cm³/mol. The van der Waals surface area contributed by atoms with E-state index in [2.05, 4.69) is 20.0 Å². The standard InChI is InChI=1S/C18H22N4O3S2/c1-12-10-14(12)18(24)22-6-3-8-27(25,9-7-22)21-16(23)11-13-4-2-5-15-17(13)20-26-19-15/h2,4-5,12,14H,3,6-11H2,1H3/t12-,14-,27?/m0/s1. The molecule has 1 saturated heterocycles. The molecule has 144 valence electrons. The Morgan fingerprint density at radius 3 is 2.89 bits per heavy atom. The normalized spacial score (nSPS) is 28.0. The fourth-order valence-corrected chi connectivity index (χ4v) is 6.02. The summed E-state index contributed by atoms with van der Waals surface area (Å²) in [7, 11) is -2.62. The Morgan fingerprint density at radius 1 is 1.30 bits per heavy atom. The largest absolute Gasteiger partial charge is 0.341 e. The molecular weight excluding hydrogens is 384 g/mol. The van der Waals surface area contributed by atoms with Crippen LogP contribution in [0.2, 0.25) is 0 Å². The molecule has 2 aromatic rings. The second kappa shape index (κ2) is 7.27. The van der Waals surface area contributed by atoms with E-state index in [9.17, 15) is 13.8 Å². The van der Waals surface area contributed by atoms with E-state index in [1.807, 2.05) is 23.1 Å². The van der Waals surface area contributed by atoms with Crippen LogP contribution in [0.25, 0.3) is 11.0 Å². The van der Waals surface area contributed by atoms with Crippen LogP contribution in [0, 0.1) is 11.8 Å². The number of aromatic nitrogens is 2. The van der Waals surface area contributed by atoms with E-state index in [0.29, 0.717) is 36.7 Å². The lowest BCUT2D eigenvalue weighted by atomic mass is 10.1. The van der Waals surface area contributed by atoms with E-state index in [4.69, 9.17) is 0 Å². The third kappa shape index (κ3) is 4.03. The van der Waals surface area contributed by atoms with Crippen molar-refractivity contribution in [3.05, 3.63) is 23.8 Å². The van der Waals surface area contributed by atoms with Gasteiger partial charge in [0, 0.05) is 30.5 Å². The summed E-state index contributed by atoms with van der Waals surface area (Å²) in [5.74, 6) is 1.000. The van der Waals surface area contributed by atoms with E-state index in [1.54, 1.807) is 0 Å². The van der Waals surface area contributed by atoms with Crippen molar-refractivity contribution in [2.45, 2.75) is 26.2 Å². The number of carbonyl (C=O) groups is 2. The van der Waals surface area contributed by atoms with E-state index in [1.165, 1.54) is 0 Å². The maximum atomic E-state index is 13.1. The Hall–Kier alpha value is -1.87. The molecule has 9 heteroatoms. The quantitative estimate of drug-likeness (QED) is 0.778. The average Bonchev–Trinajstić information content (AvgIpc) is 3.21. The van der Waals surface area contributed by atoms with Gasteiger partial charge < -0.3 is 4.90 Å². The van der Waals surface area contributed by atoms with Crippen LogP contribution < -0.4 is 0 Å². The SMILES string of the molecule is C[C@H]1C[C@@H]1C(=O)N1CCCS(=O)(=NC(=O)Cc2cccc3nsnc23)CC1. The van der Waals surface area contributed by atoms with Crippen LogP contribution in [0.4, 0.5) is 0 Å². The first-order valence-electron chi connectivity index (χ1n) is 9.19. The zero-order chi connectivity index (χ0) is 19.0. The predicted octanol–water partition coefficient (Wildman–Crippen LogP) is 2.12. The van der Waals surface area contributed by atoms with E-state index < -0.39 is 15.6 Å². The zero-order valence-corrected chi connectivity index (χ0v) is 16.8. The van der Waals surface area contributed by atoms with Crippen molar-refractivity contribution >= 4 is 44.3 Å². The van der Waals surface area contributed by atoms with Crippen molar-refractivity contribution in [1.29, 1.82) is 0 Å². The summed E-state index contributed by atoms with van der Waals surface area (Å²) < 4.78 is 25.6. The monoisotopic (exact) mass is 406 g/mol. The van der Waals surface area contributed by atoms with Crippen LogP contribution in [0.15, 0.2) is 22.6 Å². The lowest BCUT2D eigenvalue weighted by Crippen LogP contribution is -2.35. The smallest absolute Gasteiger partial charge is 0.258 e. The van der Waals surface area contributed by atoms with Crippen molar-refractivity contribution in [1.82, 2.24) is 13.6 Å². The van der Waals surface area contributed by atoms with Gasteiger partial charge in [-0.05, 0) is 30.4 Å². The Labute approximate surface area is 162 Å². The zero-order valence-electron chi connectivity index (χ0n) is 15.2. The number of hydrogen-bond donors (Lipinski definition) is 0. The third-order valence-corrected chi connectivity index (χ3v) is 8.12. The molecule has 2 heterocycles. The minimum Gasteiger partial charge on any atom is -0.341 e. The number of benzene rings is 1. The minimum absolute atomic E-state index is 0.0714. The molecule has 2 amide bonds. The van der Waals surface area contributed by atoms with E-state index >= 15 is 0 Å². The molecule has 2 aliphatic rings. The highest BCUT2D eigenvalue weighted by molar-refractivity contribution is 7.93. The summed E-state index contributed by atoms with van der Waals surface area (Å²) in [5.41, 5.74) is 2.22. The number of amides is 2. The number of fused-ring (bicyclic) bond motifs is 1. The van der Waals surface area contributed by atoms with Gasteiger partial charge in [-0.2, -0.15) is 13.1 Å².